The van der Waals surface area contributed by atoms with E-state index in [1.54, 1.807) is 14.2 Å². The van der Waals surface area contributed by atoms with E-state index in [0.29, 0.717) is 0 Å². The van der Waals surface area contributed by atoms with Crippen LogP contribution in [0.15, 0.2) is 0 Å². The van der Waals surface area contributed by atoms with Gasteiger partial charge in [0.1, 0.15) is 0 Å². The molecule has 0 bridgehead atoms. The molecule has 2 N–H and O–H groups in total. The Labute approximate surface area is 99.1 Å². The maximum Gasteiger partial charge on any atom is 0.0971 e. The van der Waals surface area contributed by atoms with Gasteiger partial charge in [-0.25, -0.2) is 0 Å². The molecule has 0 aromatic heterocycles. The molecule has 1 heterocycles. The third-order valence-electron chi connectivity index (χ3n) is 3.85. The molecule has 3 unspecified atom stereocenters. The molecule has 0 aliphatic carbocycles. The Bertz CT molecular complexity index is 195. The van der Waals surface area contributed by atoms with Gasteiger partial charge in [0.15, 0.2) is 0 Å². The summed E-state index contributed by atoms with van der Waals surface area (Å²) in [4.78, 5) is 2.40. The molecule has 0 amide bonds. The second kappa shape index (κ2) is 5.96. The summed E-state index contributed by atoms with van der Waals surface area (Å²) in [7, 11) is 3.50. The largest absolute Gasteiger partial charge is 0.377 e. The number of likely N-dealkylation sites (tertiary alicyclic amines) is 1. The Balaban J connectivity index is 2.51. The molecule has 1 rings (SSSR count). The van der Waals surface area contributed by atoms with Crippen LogP contribution < -0.4 is 5.73 Å². The van der Waals surface area contributed by atoms with E-state index < -0.39 is 0 Å². The summed E-state index contributed by atoms with van der Waals surface area (Å²) in [6, 6.07) is 0. The molecular formula is C12H26N2O2. The van der Waals surface area contributed by atoms with Gasteiger partial charge in [-0.1, -0.05) is 13.8 Å². The summed E-state index contributed by atoms with van der Waals surface area (Å²) >= 11 is 0. The van der Waals surface area contributed by atoms with Gasteiger partial charge in [0.05, 0.1) is 12.2 Å². The zero-order valence-electron chi connectivity index (χ0n) is 11.0. The highest BCUT2D eigenvalue weighted by Crippen LogP contribution is 2.24. The lowest BCUT2D eigenvalue weighted by atomic mass is 9.87. The summed E-state index contributed by atoms with van der Waals surface area (Å²) < 4.78 is 10.9. The van der Waals surface area contributed by atoms with Crippen LogP contribution in [0.3, 0.4) is 0 Å². The average Bonchev–Trinajstić information content (AvgIpc) is 2.70. The Morgan fingerprint density at radius 2 is 1.75 bits per heavy atom. The third kappa shape index (κ3) is 3.17. The molecule has 0 aromatic carbocycles. The van der Waals surface area contributed by atoms with Crippen LogP contribution in [0.2, 0.25) is 0 Å². The summed E-state index contributed by atoms with van der Waals surface area (Å²) in [6.45, 7) is 8.10. The normalized spacial score (nSPS) is 30.6. The summed E-state index contributed by atoms with van der Waals surface area (Å²) in [5.74, 6) is 0. The van der Waals surface area contributed by atoms with Gasteiger partial charge in [-0.3, -0.25) is 4.90 Å². The number of rotatable bonds is 6. The number of hydrogen-bond acceptors (Lipinski definition) is 4. The number of hydrogen-bond donors (Lipinski definition) is 1. The van der Waals surface area contributed by atoms with Crippen molar-refractivity contribution in [3.05, 3.63) is 0 Å². The van der Waals surface area contributed by atoms with Gasteiger partial charge in [-0.15, -0.1) is 0 Å². The van der Waals surface area contributed by atoms with E-state index in [1.165, 1.54) is 0 Å². The molecule has 96 valence electrons. The van der Waals surface area contributed by atoms with Gasteiger partial charge in [0, 0.05) is 33.9 Å². The smallest absolute Gasteiger partial charge is 0.0971 e. The van der Waals surface area contributed by atoms with Gasteiger partial charge in [0.25, 0.3) is 0 Å². The van der Waals surface area contributed by atoms with Crippen molar-refractivity contribution in [3.63, 3.8) is 0 Å². The van der Waals surface area contributed by atoms with Crippen molar-refractivity contribution in [2.24, 2.45) is 11.1 Å². The predicted molar refractivity (Wildman–Crippen MR) is 65.5 cm³/mol. The maximum atomic E-state index is 5.84. The van der Waals surface area contributed by atoms with Gasteiger partial charge < -0.3 is 15.2 Å². The molecule has 1 saturated heterocycles. The lowest BCUT2D eigenvalue weighted by Crippen LogP contribution is -2.40. The Hall–Kier alpha value is -0.160. The van der Waals surface area contributed by atoms with Crippen molar-refractivity contribution in [2.75, 3.05) is 40.4 Å². The average molecular weight is 230 g/mol. The van der Waals surface area contributed by atoms with E-state index in [1.807, 2.05) is 0 Å². The van der Waals surface area contributed by atoms with Crippen molar-refractivity contribution in [1.82, 2.24) is 4.90 Å². The first-order chi connectivity index (χ1) is 7.58. The molecule has 3 atom stereocenters. The maximum absolute atomic E-state index is 5.84. The fourth-order valence-electron chi connectivity index (χ4n) is 2.26. The summed E-state index contributed by atoms with van der Waals surface area (Å²) in [5.41, 5.74) is 6.05. The summed E-state index contributed by atoms with van der Waals surface area (Å²) in [6.07, 6.45) is 1.50. The monoisotopic (exact) mass is 230 g/mol. The zero-order chi connectivity index (χ0) is 12.2. The molecule has 0 saturated carbocycles. The number of ether oxygens (including phenoxy) is 2. The fourth-order valence-corrected chi connectivity index (χ4v) is 2.26. The van der Waals surface area contributed by atoms with Crippen LogP contribution in [0, 0.1) is 5.41 Å². The fraction of sp³-hybridized carbons (Fsp3) is 1.00. The zero-order valence-corrected chi connectivity index (χ0v) is 11.0. The van der Waals surface area contributed by atoms with Crippen LogP contribution in [0.5, 0.6) is 0 Å². The molecule has 0 spiro atoms. The quantitative estimate of drug-likeness (QED) is 0.730. The number of nitrogens with two attached hydrogens (primary N) is 1. The van der Waals surface area contributed by atoms with E-state index in [0.717, 1.165) is 32.6 Å². The first-order valence-electron chi connectivity index (χ1n) is 6.06. The minimum absolute atomic E-state index is 0.198. The lowest BCUT2D eigenvalue weighted by molar-refractivity contribution is -0.00461. The Morgan fingerprint density at radius 1 is 1.25 bits per heavy atom. The molecule has 1 aliphatic rings. The first-order valence-corrected chi connectivity index (χ1v) is 6.06. The van der Waals surface area contributed by atoms with Crippen molar-refractivity contribution in [2.45, 2.75) is 32.5 Å². The van der Waals surface area contributed by atoms with Crippen molar-refractivity contribution in [1.29, 1.82) is 0 Å². The van der Waals surface area contributed by atoms with Gasteiger partial charge >= 0.3 is 0 Å². The van der Waals surface area contributed by atoms with Crippen LogP contribution in [-0.4, -0.2) is 57.5 Å². The summed E-state index contributed by atoms with van der Waals surface area (Å²) in [5, 5.41) is 0. The lowest BCUT2D eigenvalue weighted by Gasteiger charge is -2.31. The van der Waals surface area contributed by atoms with Crippen LogP contribution >= 0.6 is 0 Å². The highest BCUT2D eigenvalue weighted by Gasteiger charge is 2.35. The Kier molecular flexibility index (Phi) is 5.18. The molecule has 4 heteroatoms. The molecule has 4 nitrogen and oxygen atoms in total. The van der Waals surface area contributed by atoms with E-state index in [2.05, 4.69) is 18.7 Å². The first kappa shape index (κ1) is 13.9. The van der Waals surface area contributed by atoms with E-state index >= 15 is 0 Å². The SMILES string of the molecule is CCC(C)(CN)CN1CC(OC)C(OC)C1. The van der Waals surface area contributed by atoms with E-state index in [9.17, 15) is 0 Å². The molecule has 1 fully saturated rings. The molecular weight excluding hydrogens is 204 g/mol. The van der Waals surface area contributed by atoms with Crippen LogP contribution in [0.1, 0.15) is 20.3 Å². The highest BCUT2D eigenvalue weighted by molar-refractivity contribution is 4.89. The van der Waals surface area contributed by atoms with Crippen LogP contribution in [-0.2, 0) is 9.47 Å². The standard InChI is InChI=1S/C12H26N2O2/c1-5-12(2,8-13)9-14-6-10(15-3)11(7-14)16-4/h10-11H,5-9,13H2,1-4H3. The molecule has 16 heavy (non-hydrogen) atoms. The van der Waals surface area contributed by atoms with Crippen LogP contribution in [0.4, 0.5) is 0 Å². The minimum atomic E-state index is 0.198. The third-order valence-corrected chi connectivity index (χ3v) is 3.85. The minimum Gasteiger partial charge on any atom is -0.377 e. The number of methoxy groups -OCH3 is 2. The molecule has 0 aromatic rings. The second-order valence-corrected chi connectivity index (χ2v) is 5.11. The van der Waals surface area contributed by atoms with Gasteiger partial charge in [-0.2, -0.15) is 0 Å². The van der Waals surface area contributed by atoms with Gasteiger partial charge in [-0.05, 0) is 18.4 Å². The van der Waals surface area contributed by atoms with E-state index in [-0.39, 0.29) is 17.6 Å². The van der Waals surface area contributed by atoms with Crippen molar-refractivity contribution in [3.8, 4) is 0 Å². The molecule has 0 radical (unpaired) electrons. The molecule has 1 aliphatic heterocycles. The van der Waals surface area contributed by atoms with Crippen molar-refractivity contribution >= 4 is 0 Å². The van der Waals surface area contributed by atoms with Gasteiger partial charge in [0.2, 0.25) is 0 Å². The van der Waals surface area contributed by atoms with Crippen molar-refractivity contribution < 1.29 is 9.47 Å². The van der Waals surface area contributed by atoms with Crippen LogP contribution in [0.25, 0.3) is 0 Å². The number of nitrogens with zero attached hydrogens (tertiary/aromatic N) is 1. The van der Waals surface area contributed by atoms with E-state index in [4.69, 9.17) is 15.2 Å². The highest BCUT2D eigenvalue weighted by atomic mass is 16.5. The Morgan fingerprint density at radius 3 is 2.06 bits per heavy atom. The second-order valence-electron chi connectivity index (χ2n) is 5.11. The topological polar surface area (TPSA) is 47.7 Å². The predicted octanol–water partition coefficient (Wildman–Crippen LogP) is 0.707.